The van der Waals surface area contributed by atoms with Gasteiger partial charge in [0.1, 0.15) is 5.75 Å². The monoisotopic (exact) mass is 392 g/mol. The average molecular weight is 392 g/mol. The molecule has 0 aromatic heterocycles. The van der Waals surface area contributed by atoms with E-state index < -0.39 is 23.2 Å². The number of ketones is 1. The number of carbonyl (C=O) groups excluding carboxylic acids is 1. The average Bonchev–Trinajstić information content (AvgIpc) is 2.43. The number of halogens is 4. The third-order valence-corrected chi connectivity index (χ3v) is 3.32. The molecule has 0 aliphatic carbocycles. The molecule has 6 heteroatoms. The van der Waals surface area contributed by atoms with Gasteiger partial charge >= 0.3 is 0 Å². The Kier molecular flexibility index (Phi) is 4.32. The summed E-state index contributed by atoms with van der Waals surface area (Å²) in [5.41, 5.74) is -0.119. The van der Waals surface area contributed by atoms with Crippen LogP contribution >= 0.6 is 22.6 Å². The number of hydrogen-bond acceptors (Lipinski definition) is 2. The van der Waals surface area contributed by atoms with Crippen molar-refractivity contribution in [2.45, 2.75) is 0 Å². The summed E-state index contributed by atoms with van der Waals surface area (Å²) >= 11 is 1.99. The van der Waals surface area contributed by atoms with E-state index in [1.165, 1.54) is 13.2 Å². The molecule has 0 fully saturated rings. The predicted molar refractivity (Wildman–Crippen MR) is 75.5 cm³/mol. The molecule has 104 valence electrons. The van der Waals surface area contributed by atoms with Gasteiger partial charge in [0.25, 0.3) is 0 Å². The fourth-order valence-corrected chi connectivity index (χ4v) is 2.19. The van der Waals surface area contributed by atoms with Crippen molar-refractivity contribution in [3.8, 4) is 5.75 Å². The molecule has 0 N–H and O–H groups in total. The maximum Gasteiger partial charge on any atom is 0.196 e. The quantitative estimate of drug-likeness (QED) is 0.449. The second-order valence-electron chi connectivity index (χ2n) is 3.93. The van der Waals surface area contributed by atoms with Crippen LogP contribution in [0.15, 0.2) is 30.3 Å². The van der Waals surface area contributed by atoms with E-state index >= 15 is 0 Å². The van der Waals surface area contributed by atoms with Crippen LogP contribution < -0.4 is 4.74 Å². The standard InChI is InChI=1S/C14H8F3IO2/c1-20-12-3-2-8(18)6-9(12)14(19)7-4-10(15)13(17)11(16)5-7/h2-6H,1H3. The van der Waals surface area contributed by atoms with E-state index in [0.717, 1.165) is 3.57 Å². The summed E-state index contributed by atoms with van der Waals surface area (Å²) in [7, 11) is 1.38. The minimum absolute atomic E-state index is 0.157. The van der Waals surface area contributed by atoms with E-state index in [4.69, 9.17) is 4.74 Å². The summed E-state index contributed by atoms with van der Waals surface area (Å²) in [6, 6.07) is 6.16. The first-order chi connectivity index (χ1) is 9.43. The van der Waals surface area contributed by atoms with Gasteiger partial charge in [0.15, 0.2) is 23.2 Å². The molecule has 0 heterocycles. The van der Waals surface area contributed by atoms with E-state index in [1.54, 1.807) is 12.1 Å². The smallest absolute Gasteiger partial charge is 0.196 e. The van der Waals surface area contributed by atoms with Crippen LogP contribution in [0.5, 0.6) is 5.75 Å². The Balaban J connectivity index is 2.54. The van der Waals surface area contributed by atoms with Crippen molar-refractivity contribution < 1.29 is 22.7 Å². The molecule has 0 aliphatic rings. The molecule has 0 bridgehead atoms. The third-order valence-electron chi connectivity index (χ3n) is 2.65. The molecule has 2 rings (SSSR count). The molecule has 0 amide bonds. The molecule has 0 atom stereocenters. The van der Waals surface area contributed by atoms with Gasteiger partial charge in [-0.15, -0.1) is 0 Å². The second-order valence-corrected chi connectivity index (χ2v) is 5.17. The number of benzene rings is 2. The predicted octanol–water partition coefficient (Wildman–Crippen LogP) is 3.95. The number of ether oxygens (including phenoxy) is 1. The SMILES string of the molecule is COc1ccc(I)cc1C(=O)c1cc(F)c(F)c(F)c1. The molecule has 2 aromatic carbocycles. The lowest BCUT2D eigenvalue weighted by atomic mass is 10.0. The van der Waals surface area contributed by atoms with Gasteiger partial charge in [-0.3, -0.25) is 4.79 Å². The van der Waals surface area contributed by atoms with Gasteiger partial charge in [-0.2, -0.15) is 0 Å². The molecule has 0 saturated heterocycles. The van der Waals surface area contributed by atoms with Crippen molar-refractivity contribution in [3.63, 3.8) is 0 Å². The van der Waals surface area contributed by atoms with Crippen LogP contribution in [0.4, 0.5) is 13.2 Å². The molecular formula is C14H8F3IO2. The van der Waals surface area contributed by atoms with Crippen LogP contribution in [-0.2, 0) is 0 Å². The first-order valence-electron chi connectivity index (χ1n) is 5.47. The molecule has 0 saturated carbocycles. The summed E-state index contributed by atoms with van der Waals surface area (Å²) in [5, 5.41) is 0. The number of methoxy groups -OCH3 is 1. The van der Waals surface area contributed by atoms with Crippen molar-refractivity contribution >= 4 is 28.4 Å². The Bertz CT molecular complexity index is 663. The van der Waals surface area contributed by atoms with Gasteiger partial charge in [0.2, 0.25) is 0 Å². The molecule has 0 unspecified atom stereocenters. The summed E-state index contributed by atoms with van der Waals surface area (Å²) in [6.45, 7) is 0. The van der Waals surface area contributed by atoms with Crippen molar-refractivity contribution in [2.24, 2.45) is 0 Å². The van der Waals surface area contributed by atoms with Crippen molar-refractivity contribution in [1.29, 1.82) is 0 Å². The van der Waals surface area contributed by atoms with Gasteiger partial charge in [-0.1, -0.05) is 0 Å². The Hall–Kier alpha value is -1.57. The van der Waals surface area contributed by atoms with Gasteiger partial charge in [0.05, 0.1) is 12.7 Å². The first-order valence-corrected chi connectivity index (χ1v) is 6.54. The fourth-order valence-electron chi connectivity index (χ4n) is 1.70. The Morgan fingerprint density at radius 2 is 1.70 bits per heavy atom. The highest BCUT2D eigenvalue weighted by Crippen LogP contribution is 2.25. The van der Waals surface area contributed by atoms with Crippen LogP contribution in [0.3, 0.4) is 0 Å². The maximum atomic E-state index is 13.2. The zero-order chi connectivity index (χ0) is 14.9. The number of carbonyl (C=O) groups is 1. The van der Waals surface area contributed by atoms with Crippen LogP contribution in [0.25, 0.3) is 0 Å². The molecule has 2 aromatic rings. The first kappa shape index (κ1) is 14.8. The molecule has 2 nitrogen and oxygen atoms in total. The fraction of sp³-hybridized carbons (Fsp3) is 0.0714. The van der Waals surface area contributed by atoms with Crippen LogP contribution in [-0.4, -0.2) is 12.9 Å². The van der Waals surface area contributed by atoms with Crippen LogP contribution in [0, 0.1) is 21.0 Å². The molecule has 0 spiro atoms. The molecule has 0 aliphatic heterocycles. The van der Waals surface area contributed by atoms with Crippen molar-refractivity contribution in [1.82, 2.24) is 0 Å². The molecular weight excluding hydrogens is 384 g/mol. The Labute approximate surface area is 126 Å². The van der Waals surface area contributed by atoms with Crippen LogP contribution in [0.1, 0.15) is 15.9 Å². The molecule has 0 radical (unpaired) electrons. The normalized spacial score (nSPS) is 10.4. The second kappa shape index (κ2) is 5.82. The minimum Gasteiger partial charge on any atom is -0.496 e. The highest BCUT2D eigenvalue weighted by molar-refractivity contribution is 14.1. The lowest BCUT2D eigenvalue weighted by Crippen LogP contribution is -2.07. The number of rotatable bonds is 3. The lowest BCUT2D eigenvalue weighted by Gasteiger charge is -2.08. The zero-order valence-corrected chi connectivity index (χ0v) is 12.4. The number of hydrogen-bond donors (Lipinski definition) is 0. The Morgan fingerprint density at radius 3 is 2.25 bits per heavy atom. The van der Waals surface area contributed by atoms with Crippen molar-refractivity contribution in [2.75, 3.05) is 7.11 Å². The van der Waals surface area contributed by atoms with Gasteiger partial charge in [-0.05, 0) is 52.9 Å². The third kappa shape index (κ3) is 2.79. The summed E-state index contributed by atoms with van der Waals surface area (Å²) < 4.78 is 45.1. The summed E-state index contributed by atoms with van der Waals surface area (Å²) in [5.74, 6) is -4.77. The zero-order valence-electron chi connectivity index (χ0n) is 10.2. The minimum atomic E-state index is -1.60. The van der Waals surface area contributed by atoms with E-state index in [0.29, 0.717) is 12.1 Å². The largest absolute Gasteiger partial charge is 0.496 e. The van der Waals surface area contributed by atoms with E-state index in [-0.39, 0.29) is 16.9 Å². The van der Waals surface area contributed by atoms with E-state index in [1.807, 2.05) is 22.6 Å². The summed E-state index contributed by atoms with van der Waals surface area (Å²) in [6.07, 6.45) is 0. The van der Waals surface area contributed by atoms with Gasteiger partial charge in [0, 0.05) is 9.13 Å². The molecule has 20 heavy (non-hydrogen) atoms. The lowest BCUT2D eigenvalue weighted by molar-refractivity contribution is 0.103. The van der Waals surface area contributed by atoms with E-state index in [9.17, 15) is 18.0 Å². The highest BCUT2D eigenvalue weighted by Gasteiger charge is 2.19. The van der Waals surface area contributed by atoms with Gasteiger partial charge in [-0.25, -0.2) is 13.2 Å². The Morgan fingerprint density at radius 1 is 1.10 bits per heavy atom. The van der Waals surface area contributed by atoms with Crippen LogP contribution in [0.2, 0.25) is 0 Å². The topological polar surface area (TPSA) is 26.3 Å². The highest BCUT2D eigenvalue weighted by atomic mass is 127. The van der Waals surface area contributed by atoms with Crippen molar-refractivity contribution in [3.05, 3.63) is 62.5 Å². The van der Waals surface area contributed by atoms with Gasteiger partial charge < -0.3 is 4.74 Å². The summed E-state index contributed by atoms with van der Waals surface area (Å²) in [4.78, 5) is 12.3. The van der Waals surface area contributed by atoms with E-state index in [2.05, 4.69) is 0 Å². The maximum absolute atomic E-state index is 13.2.